The molecule has 3 heterocycles. The number of piperazine rings is 1. The summed E-state index contributed by atoms with van der Waals surface area (Å²) >= 11 is 0. The number of aliphatic hydroxyl groups is 1. The predicted molar refractivity (Wildman–Crippen MR) is 146 cm³/mol. The molecule has 3 amide bonds. The molecule has 0 spiro atoms. The van der Waals surface area contributed by atoms with Crippen LogP contribution in [0.5, 0.6) is 0 Å². The van der Waals surface area contributed by atoms with Crippen LogP contribution in [0.15, 0.2) is 35.3 Å². The van der Waals surface area contributed by atoms with Gasteiger partial charge in [-0.25, -0.2) is 14.0 Å². The Morgan fingerprint density at radius 3 is 2.40 bits per heavy atom. The largest absolute Gasteiger partial charge is 0.368 e. The van der Waals surface area contributed by atoms with Gasteiger partial charge in [-0.05, 0) is 68.3 Å². The summed E-state index contributed by atoms with van der Waals surface area (Å²) in [7, 11) is 0. The van der Waals surface area contributed by atoms with Gasteiger partial charge < -0.3 is 20.6 Å². The van der Waals surface area contributed by atoms with Crippen molar-refractivity contribution in [2.45, 2.75) is 32.0 Å². The van der Waals surface area contributed by atoms with Crippen LogP contribution in [0, 0.1) is 23.6 Å². The van der Waals surface area contributed by atoms with Crippen LogP contribution in [0.2, 0.25) is 0 Å². The third kappa shape index (κ3) is 5.73. The van der Waals surface area contributed by atoms with Crippen molar-refractivity contribution in [3.05, 3.63) is 52.3 Å². The van der Waals surface area contributed by atoms with E-state index in [-0.39, 0.29) is 43.9 Å². The molecule has 1 saturated carbocycles. The standard InChI is InChI=1S/C27H37FN8O4/c1-16(35-14-20-19(13-29)21(20)15-35)11-17-3-4-18(12-22(17)28)36-6-5-23(32-26(36)39)31-25(38)34-9-7-33(8-10-34)24(37)27(2,30)40/h3-6,12,16,19-21,40H,7-11,13-15,29-30H2,1-2H3,(H,31,32,38,39). The Hall–Kier alpha value is -3.39. The van der Waals surface area contributed by atoms with Crippen LogP contribution in [0.3, 0.4) is 0 Å². The highest BCUT2D eigenvalue weighted by molar-refractivity contribution is 5.89. The highest BCUT2D eigenvalue weighted by Gasteiger charge is 2.55. The van der Waals surface area contributed by atoms with Crippen LogP contribution in [0.4, 0.5) is 15.0 Å². The topological polar surface area (TPSA) is 163 Å². The quantitative estimate of drug-likeness (QED) is 0.340. The van der Waals surface area contributed by atoms with Crippen molar-refractivity contribution in [3.8, 4) is 5.69 Å². The molecule has 216 valence electrons. The van der Waals surface area contributed by atoms with Crippen molar-refractivity contribution < 1.29 is 19.1 Å². The molecule has 5 rings (SSSR count). The number of benzene rings is 1. The van der Waals surface area contributed by atoms with E-state index in [0.717, 1.165) is 19.6 Å². The van der Waals surface area contributed by atoms with E-state index in [9.17, 15) is 19.5 Å². The molecule has 1 aromatic carbocycles. The van der Waals surface area contributed by atoms with Crippen LogP contribution in [-0.4, -0.2) is 98.9 Å². The number of halogens is 1. The fourth-order valence-electron chi connectivity index (χ4n) is 5.98. The Morgan fingerprint density at radius 2 is 1.82 bits per heavy atom. The number of nitrogens with two attached hydrogens (primary N) is 2. The lowest BCUT2D eigenvalue weighted by Gasteiger charge is -2.36. The van der Waals surface area contributed by atoms with E-state index in [1.807, 2.05) is 0 Å². The molecule has 2 aliphatic heterocycles. The maximum absolute atomic E-state index is 15.0. The summed E-state index contributed by atoms with van der Waals surface area (Å²) in [6.07, 6.45) is 2.01. The maximum Gasteiger partial charge on any atom is 0.354 e. The van der Waals surface area contributed by atoms with Crippen molar-refractivity contribution in [2.24, 2.45) is 29.2 Å². The van der Waals surface area contributed by atoms with E-state index in [1.54, 1.807) is 12.1 Å². The van der Waals surface area contributed by atoms with Crippen LogP contribution < -0.4 is 22.5 Å². The summed E-state index contributed by atoms with van der Waals surface area (Å²) in [5.74, 6) is 1.08. The monoisotopic (exact) mass is 556 g/mol. The molecule has 3 fully saturated rings. The molecule has 40 heavy (non-hydrogen) atoms. The van der Waals surface area contributed by atoms with E-state index in [4.69, 9.17) is 11.5 Å². The van der Waals surface area contributed by atoms with Gasteiger partial charge in [-0.1, -0.05) is 6.07 Å². The number of nitrogens with one attached hydrogen (secondary N) is 1. The number of amides is 3. The summed E-state index contributed by atoms with van der Waals surface area (Å²) in [6.45, 7) is 6.98. The van der Waals surface area contributed by atoms with Crippen LogP contribution in [-0.2, 0) is 11.2 Å². The smallest absolute Gasteiger partial charge is 0.354 e. The number of anilines is 1. The number of aromatic nitrogens is 2. The second kappa shape index (κ2) is 10.9. The number of likely N-dealkylation sites (tertiary alicyclic amines) is 1. The minimum atomic E-state index is -1.97. The number of piperidine rings is 1. The molecular weight excluding hydrogens is 519 g/mol. The lowest BCUT2D eigenvalue weighted by atomic mass is 10.0. The molecule has 4 atom stereocenters. The molecule has 0 bridgehead atoms. The molecule has 0 radical (unpaired) electrons. The third-order valence-corrected chi connectivity index (χ3v) is 8.45. The first-order chi connectivity index (χ1) is 19.0. The summed E-state index contributed by atoms with van der Waals surface area (Å²) in [4.78, 5) is 46.7. The van der Waals surface area contributed by atoms with E-state index in [1.165, 1.54) is 39.6 Å². The number of hydrogen-bond donors (Lipinski definition) is 4. The Kier molecular flexibility index (Phi) is 7.66. The van der Waals surface area contributed by atoms with Crippen molar-refractivity contribution in [3.63, 3.8) is 0 Å². The Morgan fingerprint density at radius 1 is 1.18 bits per heavy atom. The minimum absolute atomic E-state index is 0.0566. The fourth-order valence-corrected chi connectivity index (χ4v) is 5.98. The van der Waals surface area contributed by atoms with Crippen molar-refractivity contribution >= 4 is 17.8 Å². The fraction of sp³-hybridized carbons (Fsp3) is 0.556. The molecule has 6 N–H and O–H groups in total. The van der Waals surface area contributed by atoms with Crippen molar-refractivity contribution in [1.82, 2.24) is 24.3 Å². The van der Waals surface area contributed by atoms with Gasteiger partial charge in [0.15, 0.2) is 5.72 Å². The second-order valence-electron chi connectivity index (χ2n) is 11.3. The summed E-state index contributed by atoms with van der Waals surface area (Å²) in [6, 6.07) is 5.92. The number of urea groups is 1. The minimum Gasteiger partial charge on any atom is -0.368 e. The van der Waals surface area contributed by atoms with Crippen LogP contribution >= 0.6 is 0 Å². The van der Waals surface area contributed by atoms with Gasteiger partial charge in [-0.3, -0.25) is 25.3 Å². The first kappa shape index (κ1) is 28.1. The molecule has 2 aromatic rings. The average molecular weight is 557 g/mol. The number of carbonyl (C=O) groups is 2. The van der Waals surface area contributed by atoms with Gasteiger partial charge in [0.25, 0.3) is 5.91 Å². The SMILES string of the molecule is CC(Cc1ccc(-n2ccc(NC(=O)N3CCN(C(=O)C(C)(N)O)CC3)nc2=O)cc1F)N1CC2C(CN)C2C1. The zero-order chi connectivity index (χ0) is 28.8. The van der Waals surface area contributed by atoms with E-state index in [2.05, 4.69) is 22.1 Å². The van der Waals surface area contributed by atoms with Crippen LogP contribution in [0.25, 0.3) is 5.69 Å². The Balaban J connectivity index is 1.16. The van der Waals surface area contributed by atoms with E-state index < -0.39 is 23.4 Å². The first-order valence-electron chi connectivity index (χ1n) is 13.7. The van der Waals surface area contributed by atoms with Crippen molar-refractivity contribution in [1.29, 1.82) is 0 Å². The molecule has 1 aliphatic carbocycles. The second-order valence-corrected chi connectivity index (χ2v) is 11.3. The van der Waals surface area contributed by atoms with Gasteiger partial charge in [0.2, 0.25) is 0 Å². The molecule has 2 saturated heterocycles. The summed E-state index contributed by atoms with van der Waals surface area (Å²) in [5, 5.41) is 12.3. The number of rotatable bonds is 7. The summed E-state index contributed by atoms with van der Waals surface area (Å²) in [5.41, 5.74) is 9.56. The Bertz CT molecular complexity index is 1320. The number of hydrogen-bond acceptors (Lipinski definition) is 8. The summed E-state index contributed by atoms with van der Waals surface area (Å²) < 4.78 is 16.3. The highest BCUT2D eigenvalue weighted by atomic mass is 19.1. The first-order valence-corrected chi connectivity index (χ1v) is 13.7. The van der Waals surface area contributed by atoms with Crippen molar-refractivity contribution in [2.75, 3.05) is 51.1 Å². The molecule has 13 heteroatoms. The zero-order valence-corrected chi connectivity index (χ0v) is 22.8. The molecular formula is C27H37FN8O4. The lowest BCUT2D eigenvalue weighted by Crippen LogP contribution is -2.59. The van der Waals surface area contributed by atoms with Gasteiger partial charge in [0, 0.05) is 51.5 Å². The zero-order valence-electron chi connectivity index (χ0n) is 22.8. The maximum atomic E-state index is 15.0. The van der Waals surface area contributed by atoms with Crippen LogP contribution in [0.1, 0.15) is 19.4 Å². The van der Waals surface area contributed by atoms with E-state index >= 15 is 4.39 Å². The van der Waals surface area contributed by atoms with Gasteiger partial charge >= 0.3 is 11.7 Å². The van der Waals surface area contributed by atoms with Gasteiger partial charge in [-0.15, -0.1) is 0 Å². The van der Waals surface area contributed by atoms with Gasteiger partial charge in [0.1, 0.15) is 11.6 Å². The highest BCUT2D eigenvalue weighted by Crippen LogP contribution is 2.51. The third-order valence-electron chi connectivity index (χ3n) is 8.45. The molecule has 3 aliphatic rings. The average Bonchev–Trinajstić information content (AvgIpc) is 3.38. The Labute approximate surface area is 231 Å². The lowest BCUT2D eigenvalue weighted by molar-refractivity contribution is -0.150. The molecule has 4 unspecified atom stereocenters. The van der Waals surface area contributed by atoms with Gasteiger partial charge in [-0.2, -0.15) is 4.98 Å². The number of nitrogens with zero attached hydrogens (tertiary/aromatic N) is 5. The van der Waals surface area contributed by atoms with E-state index in [0.29, 0.717) is 35.4 Å². The normalized spacial score (nSPS) is 24.8. The van der Waals surface area contributed by atoms with Gasteiger partial charge in [0.05, 0.1) is 5.69 Å². The molecule has 12 nitrogen and oxygen atoms in total. The molecule has 1 aromatic heterocycles. The number of fused-ring (bicyclic) bond motifs is 1. The number of carbonyl (C=O) groups excluding carboxylic acids is 2. The predicted octanol–water partition coefficient (Wildman–Crippen LogP) is -0.218.